The molecular weight excluding hydrogens is 158 g/mol. The summed E-state index contributed by atoms with van der Waals surface area (Å²) in [7, 11) is 0. The van der Waals surface area contributed by atoms with E-state index in [9.17, 15) is 0 Å². The molecule has 13 heavy (non-hydrogen) atoms. The van der Waals surface area contributed by atoms with E-state index in [2.05, 4.69) is 13.5 Å². The van der Waals surface area contributed by atoms with Gasteiger partial charge in [0, 0.05) is 6.04 Å². The van der Waals surface area contributed by atoms with Crippen molar-refractivity contribution in [3.63, 3.8) is 0 Å². The lowest BCUT2D eigenvalue weighted by Gasteiger charge is -2.18. The van der Waals surface area contributed by atoms with E-state index in [1.165, 1.54) is 25.7 Å². The first kappa shape index (κ1) is 10.8. The van der Waals surface area contributed by atoms with Gasteiger partial charge in [0.15, 0.2) is 0 Å². The van der Waals surface area contributed by atoms with Crippen molar-refractivity contribution in [2.45, 2.75) is 51.5 Å². The third-order valence-corrected chi connectivity index (χ3v) is 3.47. The predicted octanol–water partition coefficient (Wildman–Crippen LogP) is 3.11. The third-order valence-electron chi connectivity index (χ3n) is 3.47. The van der Waals surface area contributed by atoms with Crippen molar-refractivity contribution in [2.24, 2.45) is 17.6 Å². The molecule has 1 aliphatic carbocycles. The number of allylic oxidation sites excluding steroid dienone is 1. The second-order valence-corrected chi connectivity index (χ2v) is 4.38. The van der Waals surface area contributed by atoms with E-state index in [0.717, 1.165) is 24.7 Å². The van der Waals surface area contributed by atoms with E-state index in [1.54, 1.807) is 0 Å². The molecule has 3 atom stereocenters. The molecule has 76 valence electrons. The zero-order valence-corrected chi connectivity index (χ0v) is 8.84. The maximum absolute atomic E-state index is 6.13. The molecule has 0 amide bonds. The summed E-state index contributed by atoms with van der Waals surface area (Å²) in [4.78, 5) is 0. The van der Waals surface area contributed by atoms with E-state index >= 15 is 0 Å². The lowest BCUT2D eigenvalue weighted by atomic mass is 9.93. The Kier molecular flexibility index (Phi) is 4.51. The molecule has 0 bridgehead atoms. The number of hydrogen-bond acceptors (Lipinski definition) is 1. The van der Waals surface area contributed by atoms with E-state index in [4.69, 9.17) is 5.73 Å². The summed E-state index contributed by atoms with van der Waals surface area (Å²) in [5.41, 5.74) is 6.13. The lowest BCUT2D eigenvalue weighted by molar-refractivity contribution is 0.392. The molecule has 1 saturated carbocycles. The molecule has 0 heterocycles. The molecule has 1 heteroatoms. The summed E-state index contributed by atoms with van der Waals surface area (Å²) in [5, 5.41) is 0. The Labute approximate surface area is 82.4 Å². The summed E-state index contributed by atoms with van der Waals surface area (Å²) >= 11 is 0. The fourth-order valence-corrected chi connectivity index (χ4v) is 2.42. The highest BCUT2D eigenvalue weighted by Gasteiger charge is 2.27. The first-order valence-corrected chi connectivity index (χ1v) is 5.64. The topological polar surface area (TPSA) is 26.0 Å². The van der Waals surface area contributed by atoms with Gasteiger partial charge in [0.05, 0.1) is 0 Å². The summed E-state index contributed by atoms with van der Waals surface area (Å²) in [6, 6.07) is 0.426. The van der Waals surface area contributed by atoms with Crippen LogP contribution in [-0.4, -0.2) is 6.04 Å². The molecule has 0 aromatic heterocycles. The van der Waals surface area contributed by atoms with Gasteiger partial charge >= 0.3 is 0 Å². The fraction of sp³-hybridized carbons (Fsp3) is 0.833. The zero-order valence-electron chi connectivity index (χ0n) is 8.84. The fourth-order valence-electron chi connectivity index (χ4n) is 2.42. The highest BCUT2D eigenvalue weighted by Crippen LogP contribution is 2.35. The van der Waals surface area contributed by atoms with Crippen LogP contribution >= 0.6 is 0 Å². The molecule has 1 rings (SSSR count). The van der Waals surface area contributed by atoms with Crippen molar-refractivity contribution in [1.29, 1.82) is 0 Å². The maximum Gasteiger partial charge on any atom is 0.00702 e. The van der Waals surface area contributed by atoms with E-state index in [1.807, 2.05) is 6.08 Å². The molecule has 2 N–H and O–H groups in total. The van der Waals surface area contributed by atoms with Crippen LogP contribution in [0.1, 0.15) is 45.4 Å². The summed E-state index contributed by atoms with van der Waals surface area (Å²) in [5.74, 6) is 1.75. The van der Waals surface area contributed by atoms with Gasteiger partial charge in [-0.15, -0.1) is 6.58 Å². The minimum absolute atomic E-state index is 0.426. The smallest absolute Gasteiger partial charge is 0.00702 e. The quantitative estimate of drug-likeness (QED) is 0.648. The lowest BCUT2D eigenvalue weighted by Crippen LogP contribution is -2.28. The molecule has 1 aliphatic rings. The number of rotatable bonds is 5. The largest absolute Gasteiger partial charge is 0.327 e. The van der Waals surface area contributed by atoms with Crippen LogP contribution in [0.25, 0.3) is 0 Å². The molecule has 0 spiro atoms. The monoisotopic (exact) mass is 181 g/mol. The maximum atomic E-state index is 6.13. The van der Waals surface area contributed by atoms with Gasteiger partial charge < -0.3 is 5.73 Å². The van der Waals surface area contributed by atoms with Crippen LogP contribution in [0, 0.1) is 11.8 Å². The predicted molar refractivity (Wildman–Crippen MR) is 58.5 cm³/mol. The third kappa shape index (κ3) is 3.15. The first-order valence-electron chi connectivity index (χ1n) is 5.64. The molecule has 3 unspecified atom stereocenters. The summed E-state index contributed by atoms with van der Waals surface area (Å²) < 4.78 is 0. The minimum atomic E-state index is 0.426. The normalized spacial score (nSPS) is 30.3. The van der Waals surface area contributed by atoms with Crippen LogP contribution in [0.3, 0.4) is 0 Å². The Bertz CT molecular complexity index is 153. The van der Waals surface area contributed by atoms with Crippen LogP contribution < -0.4 is 5.73 Å². The van der Waals surface area contributed by atoms with Crippen molar-refractivity contribution in [3.8, 4) is 0 Å². The van der Waals surface area contributed by atoms with Crippen LogP contribution in [0.15, 0.2) is 12.7 Å². The molecule has 1 fully saturated rings. The Morgan fingerprint density at radius 2 is 2.31 bits per heavy atom. The SMILES string of the molecule is C=CCCC(N)C1CCC(CC)C1. The van der Waals surface area contributed by atoms with Gasteiger partial charge in [-0.3, -0.25) is 0 Å². The molecule has 1 nitrogen and oxygen atoms in total. The average molecular weight is 181 g/mol. The summed E-state index contributed by atoms with van der Waals surface area (Å²) in [6.07, 6.45) is 9.66. The van der Waals surface area contributed by atoms with Gasteiger partial charge in [0.2, 0.25) is 0 Å². The van der Waals surface area contributed by atoms with E-state index in [-0.39, 0.29) is 0 Å². The Morgan fingerprint density at radius 3 is 2.85 bits per heavy atom. The van der Waals surface area contributed by atoms with E-state index in [0.29, 0.717) is 6.04 Å². The zero-order chi connectivity index (χ0) is 9.68. The second kappa shape index (κ2) is 5.43. The molecule has 0 aromatic carbocycles. The second-order valence-electron chi connectivity index (χ2n) is 4.38. The Hall–Kier alpha value is -0.300. The van der Waals surface area contributed by atoms with Crippen molar-refractivity contribution < 1.29 is 0 Å². The highest BCUT2D eigenvalue weighted by atomic mass is 14.7. The van der Waals surface area contributed by atoms with Crippen LogP contribution in [0.2, 0.25) is 0 Å². The van der Waals surface area contributed by atoms with Crippen molar-refractivity contribution in [2.75, 3.05) is 0 Å². The van der Waals surface area contributed by atoms with Gasteiger partial charge in [-0.1, -0.05) is 25.8 Å². The standard InChI is InChI=1S/C12H23N/c1-3-5-6-12(13)11-8-7-10(4-2)9-11/h3,10-12H,1,4-9,13H2,2H3. The number of hydrogen-bond donors (Lipinski definition) is 1. The van der Waals surface area contributed by atoms with Crippen molar-refractivity contribution >= 4 is 0 Å². The van der Waals surface area contributed by atoms with Crippen LogP contribution in [0.4, 0.5) is 0 Å². The van der Waals surface area contributed by atoms with Gasteiger partial charge in [0.1, 0.15) is 0 Å². The van der Waals surface area contributed by atoms with Gasteiger partial charge in [-0.2, -0.15) is 0 Å². The highest BCUT2D eigenvalue weighted by molar-refractivity contribution is 4.83. The number of nitrogens with two attached hydrogens (primary N) is 1. The molecular formula is C12H23N. The Morgan fingerprint density at radius 1 is 1.54 bits per heavy atom. The van der Waals surface area contributed by atoms with Crippen molar-refractivity contribution in [3.05, 3.63) is 12.7 Å². The summed E-state index contributed by atoms with van der Waals surface area (Å²) in [6.45, 7) is 6.03. The van der Waals surface area contributed by atoms with E-state index < -0.39 is 0 Å². The molecule has 0 aromatic rings. The molecule has 0 aliphatic heterocycles. The average Bonchev–Trinajstić information content (AvgIpc) is 2.62. The van der Waals surface area contributed by atoms with Crippen LogP contribution in [0.5, 0.6) is 0 Å². The van der Waals surface area contributed by atoms with Gasteiger partial charge in [-0.05, 0) is 37.5 Å². The van der Waals surface area contributed by atoms with Crippen LogP contribution in [-0.2, 0) is 0 Å². The van der Waals surface area contributed by atoms with Crippen molar-refractivity contribution in [1.82, 2.24) is 0 Å². The Balaban J connectivity index is 2.24. The molecule has 0 radical (unpaired) electrons. The van der Waals surface area contributed by atoms with Gasteiger partial charge in [-0.25, -0.2) is 0 Å². The molecule has 0 saturated heterocycles. The first-order chi connectivity index (χ1) is 6.27. The minimum Gasteiger partial charge on any atom is -0.327 e. The van der Waals surface area contributed by atoms with Gasteiger partial charge in [0.25, 0.3) is 0 Å².